The zero-order valence-corrected chi connectivity index (χ0v) is 16.7. The van der Waals surface area contributed by atoms with Crippen molar-refractivity contribution in [3.8, 4) is 0 Å². The first kappa shape index (κ1) is 19.3. The topological polar surface area (TPSA) is 96.2 Å². The van der Waals surface area contributed by atoms with Gasteiger partial charge in [-0.25, -0.2) is 4.68 Å². The minimum absolute atomic E-state index is 0.0652. The number of fused-ring (bicyclic) bond motifs is 2. The summed E-state index contributed by atoms with van der Waals surface area (Å²) < 4.78 is 1.84. The molecule has 4 heterocycles. The van der Waals surface area contributed by atoms with Crippen LogP contribution in [-0.4, -0.2) is 73.5 Å². The van der Waals surface area contributed by atoms with E-state index in [1.165, 1.54) is 12.8 Å². The molecule has 28 heavy (non-hydrogen) atoms. The molecule has 3 saturated heterocycles. The molecule has 154 valence electrons. The maximum absolute atomic E-state index is 12.8. The summed E-state index contributed by atoms with van der Waals surface area (Å²) >= 11 is 0. The minimum atomic E-state index is 0.0652. The van der Waals surface area contributed by atoms with Crippen LogP contribution < -0.4 is 5.32 Å². The number of nitrogens with zero attached hydrogens (tertiary/aromatic N) is 6. The van der Waals surface area contributed by atoms with E-state index in [4.69, 9.17) is 0 Å². The van der Waals surface area contributed by atoms with Crippen molar-refractivity contribution in [2.45, 2.75) is 77.0 Å². The first-order chi connectivity index (χ1) is 13.6. The molecule has 1 aromatic rings. The van der Waals surface area contributed by atoms with E-state index in [9.17, 15) is 9.59 Å². The van der Waals surface area contributed by atoms with Crippen molar-refractivity contribution < 1.29 is 9.59 Å². The van der Waals surface area contributed by atoms with E-state index in [1.54, 1.807) is 0 Å². The predicted molar refractivity (Wildman–Crippen MR) is 102 cm³/mol. The average Bonchev–Trinajstić information content (AvgIpc) is 3.23. The summed E-state index contributed by atoms with van der Waals surface area (Å²) in [7, 11) is 0. The minimum Gasteiger partial charge on any atom is -0.354 e. The van der Waals surface area contributed by atoms with E-state index in [0.717, 1.165) is 44.2 Å². The Kier molecular flexibility index (Phi) is 5.89. The van der Waals surface area contributed by atoms with Gasteiger partial charge in [0.05, 0.1) is 6.54 Å². The molecule has 3 aliphatic heterocycles. The van der Waals surface area contributed by atoms with Crippen molar-refractivity contribution in [1.82, 2.24) is 35.3 Å². The van der Waals surface area contributed by atoms with Crippen molar-refractivity contribution in [1.29, 1.82) is 0 Å². The molecule has 0 aromatic carbocycles. The number of carbonyl (C=O) groups excluding carboxylic acids is 2. The molecular weight excluding hydrogens is 358 g/mol. The average molecular weight is 390 g/mol. The van der Waals surface area contributed by atoms with Crippen LogP contribution in [0, 0.1) is 5.92 Å². The number of likely N-dealkylation sites (tertiary alicyclic amines) is 1. The Morgan fingerprint density at radius 2 is 1.96 bits per heavy atom. The van der Waals surface area contributed by atoms with Crippen LogP contribution in [0.25, 0.3) is 0 Å². The molecule has 0 aliphatic carbocycles. The van der Waals surface area contributed by atoms with Crippen LogP contribution in [0.3, 0.4) is 0 Å². The van der Waals surface area contributed by atoms with Crippen LogP contribution in [0.1, 0.15) is 57.7 Å². The first-order valence-corrected chi connectivity index (χ1v) is 10.7. The highest BCUT2D eigenvalue weighted by molar-refractivity contribution is 5.81. The third-order valence-corrected chi connectivity index (χ3v) is 6.47. The quantitative estimate of drug-likeness (QED) is 0.764. The standard InChI is InChI=1S/C19H31N7O2/c1-14-6-9-24(10-7-14)13-17-21-22-23-25(17)8-2-3-19(28)26-15-4-5-16(26)12-20-18(27)11-15/h14-16H,2-13H2,1H3,(H,20,27)/t15-,16+/m1/s1. The number of hydrogen-bond donors (Lipinski definition) is 1. The number of aryl methyl sites for hydroxylation is 1. The molecule has 3 fully saturated rings. The number of rotatable bonds is 6. The van der Waals surface area contributed by atoms with E-state index in [-0.39, 0.29) is 23.9 Å². The van der Waals surface area contributed by atoms with Gasteiger partial charge in [-0.2, -0.15) is 0 Å². The summed E-state index contributed by atoms with van der Waals surface area (Å²) in [5.41, 5.74) is 0. The summed E-state index contributed by atoms with van der Waals surface area (Å²) in [4.78, 5) is 28.9. The van der Waals surface area contributed by atoms with Crippen LogP contribution in [0.2, 0.25) is 0 Å². The molecule has 1 aromatic heterocycles. The van der Waals surface area contributed by atoms with Crippen molar-refractivity contribution in [2.75, 3.05) is 19.6 Å². The number of piperidine rings is 1. The Morgan fingerprint density at radius 1 is 1.18 bits per heavy atom. The fourth-order valence-electron chi connectivity index (χ4n) is 4.73. The second kappa shape index (κ2) is 8.55. The first-order valence-electron chi connectivity index (χ1n) is 10.7. The van der Waals surface area contributed by atoms with Gasteiger partial charge in [-0.05, 0) is 61.5 Å². The molecule has 2 bridgehead atoms. The Bertz CT molecular complexity index is 698. The summed E-state index contributed by atoms with van der Waals surface area (Å²) in [6, 6.07) is 0.235. The van der Waals surface area contributed by atoms with Crippen LogP contribution in [0.5, 0.6) is 0 Å². The van der Waals surface area contributed by atoms with Gasteiger partial charge in [0.25, 0.3) is 0 Å². The Labute approximate surface area is 165 Å². The predicted octanol–water partition coefficient (Wildman–Crippen LogP) is 0.565. The highest BCUT2D eigenvalue weighted by Gasteiger charge is 2.39. The largest absolute Gasteiger partial charge is 0.354 e. The lowest BCUT2D eigenvalue weighted by Gasteiger charge is -2.29. The lowest BCUT2D eigenvalue weighted by molar-refractivity contribution is -0.134. The molecule has 9 nitrogen and oxygen atoms in total. The molecule has 2 amide bonds. The number of aromatic nitrogens is 4. The number of carbonyl (C=O) groups is 2. The zero-order chi connectivity index (χ0) is 19.5. The van der Waals surface area contributed by atoms with Gasteiger partial charge in [0.2, 0.25) is 11.8 Å². The van der Waals surface area contributed by atoms with E-state index < -0.39 is 0 Å². The van der Waals surface area contributed by atoms with Crippen LogP contribution in [0.15, 0.2) is 0 Å². The summed E-state index contributed by atoms with van der Waals surface area (Å²) in [6.07, 6.45) is 6.01. The van der Waals surface area contributed by atoms with E-state index in [0.29, 0.717) is 32.4 Å². The fourth-order valence-corrected chi connectivity index (χ4v) is 4.73. The van der Waals surface area contributed by atoms with Gasteiger partial charge >= 0.3 is 0 Å². The van der Waals surface area contributed by atoms with Gasteiger partial charge in [0, 0.05) is 38.0 Å². The van der Waals surface area contributed by atoms with Crippen LogP contribution in [0.4, 0.5) is 0 Å². The monoisotopic (exact) mass is 389 g/mol. The summed E-state index contributed by atoms with van der Waals surface area (Å²) in [5.74, 6) is 1.91. The molecule has 0 saturated carbocycles. The number of hydrogen-bond acceptors (Lipinski definition) is 6. The molecule has 9 heteroatoms. The lowest BCUT2D eigenvalue weighted by Crippen LogP contribution is -2.42. The summed E-state index contributed by atoms with van der Waals surface area (Å²) in [6.45, 7) is 6.51. The Hall–Kier alpha value is -2.03. The third-order valence-electron chi connectivity index (χ3n) is 6.47. The van der Waals surface area contributed by atoms with Crippen molar-refractivity contribution in [3.05, 3.63) is 5.82 Å². The maximum atomic E-state index is 12.8. The highest BCUT2D eigenvalue weighted by Crippen LogP contribution is 2.29. The van der Waals surface area contributed by atoms with E-state index in [2.05, 4.69) is 32.7 Å². The Balaban J connectivity index is 1.27. The smallest absolute Gasteiger partial charge is 0.223 e. The lowest BCUT2D eigenvalue weighted by atomic mass is 9.99. The molecule has 0 radical (unpaired) electrons. The number of amides is 2. The number of tetrazole rings is 1. The maximum Gasteiger partial charge on any atom is 0.223 e. The molecule has 2 atom stereocenters. The van der Waals surface area contributed by atoms with Crippen LogP contribution in [-0.2, 0) is 22.7 Å². The van der Waals surface area contributed by atoms with Gasteiger partial charge in [-0.1, -0.05) is 6.92 Å². The highest BCUT2D eigenvalue weighted by atomic mass is 16.2. The molecular formula is C19H31N7O2. The van der Waals surface area contributed by atoms with Crippen molar-refractivity contribution in [2.24, 2.45) is 5.92 Å². The Morgan fingerprint density at radius 3 is 2.79 bits per heavy atom. The van der Waals surface area contributed by atoms with Gasteiger partial charge in [0.1, 0.15) is 0 Å². The molecule has 1 N–H and O–H groups in total. The molecule has 0 unspecified atom stereocenters. The number of nitrogens with one attached hydrogen (secondary N) is 1. The van der Waals surface area contributed by atoms with Crippen LogP contribution >= 0.6 is 0 Å². The normalized spacial score (nSPS) is 26.3. The molecule has 0 spiro atoms. The van der Waals surface area contributed by atoms with Crippen molar-refractivity contribution >= 4 is 11.8 Å². The second-order valence-corrected chi connectivity index (χ2v) is 8.57. The third kappa shape index (κ3) is 4.34. The van der Waals surface area contributed by atoms with Gasteiger partial charge in [-0.15, -0.1) is 5.10 Å². The SMILES string of the molecule is CC1CCN(Cc2nnnn2CCCC(=O)N2[C@@H]3CC[C@H]2CNC(=O)C3)CC1. The van der Waals surface area contributed by atoms with Crippen molar-refractivity contribution in [3.63, 3.8) is 0 Å². The second-order valence-electron chi connectivity index (χ2n) is 8.57. The zero-order valence-electron chi connectivity index (χ0n) is 16.7. The molecule has 3 aliphatic rings. The fraction of sp³-hybridized carbons (Fsp3) is 0.842. The van der Waals surface area contributed by atoms with Gasteiger partial charge < -0.3 is 10.2 Å². The summed E-state index contributed by atoms with van der Waals surface area (Å²) in [5, 5.41) is 15.1. The van der Waals surface area contributed by atoms with E-state index in [1.807, 2.05) is 9.58 Å². The molecule has 4 rings (SSSR count). The van der Waals surface area contributed by atoms with Gasteiger partial charge in [0.15, 0.2) is 5.82 Å². The van der Waals surface area contributed by atoms with E-state index >= 15 is 0 Å². The van der Waals surface area contributed by atoms with Gasteiger partial charge in [-0.3, -0.25) is 14.5 Å².